The quantitative estimate of drug-likeness (QED) is 0.826. The Balaban J connectivity index is 1.88. The second kappa shape index (κ2) is 8.70. The van der Waals surface area contributed by atoms with Crippen molar-refractivity contribution in [2.45, 2.75) is 25.5 Å². The maximum Gasteiger partial charge on any atom is 0.317 e. The molecule has 2 rings (SSSR count). The molecule has 6 heteroatoms. The van der Waals surface area contributed by atoms with E-state index in [2.05, 4.69) is 15.2 Å². The molecule has 0 aliphatic carbocycles. The Hall–Kier alpha value is -1.66. The number of likely N-dealkylation sites (N-methyl/N-ethyl adjacent to an activating group) is 1. The molecule has 0 unspecified atom stereocenters. The minimum atomic E-state index is -0.0406. The Morgan fingerprint density at radius 3 is 2.95 bits per heavy atom. The van der Waals surface area contributed by atoms with Crippen molar-refractivity contribution in [3.05, 3.63) is 30.1 Å². The second-order valence-electron chi connectivity index (χ2n) is 5.91. The molecule has 1 aliphatic heterocycles. The van der Waals surface area contributed by atoms with Crippen molar-refractivity contribution < 1.29 is 9.53 Å². The summed E-state index contributed by atoms with van der Waals surface area (Å²) in [4.78, 5) is 20.4. The van der Waals surface area contributed by atoms with Crippen LogP contribution in [0.25, 0.3) is 0 Å². The van der Waals surface area contributed by atoms with Gasteiger partial charge in [-0.2, -0.15) is 0 Å². The molecule has 6 nitrogen and oxygen atoms in total. The van der Waals surface area contributed by atoms with Gasteiger partial charge in [0, 0.05) is 45.2 Å². The number of rotatable bonds is 7. The summed E-state index contributed by atoms with van der Waals surface area (Å²) >= 11 is 0. The summed E-state index contributed by atoms with van der Waals surface area (Å²) in [6.07, 6.45) is 5.82. The van der Waals surface area contributed by atoms with Crippen molar-refractivity contribution in [3.63, 3.8) is 0 Å². The molecule has 1 fully saturated rings. The molecule has 1 aromatic rings. The number of nitrogens with one attached hydrogen (secondary N) is 1. The number of carbonyl (C=O) groups is 1. The van der Waals surface area contributed by atoms with Gasteiger partial charge in [-0.1, -0.05) is 6.07 Å². The maximum absolute atomic E-state index is 12.4. The molecule has 1 N–H and O–H groups in total. The monoisotopic (exact) mass is 306 g/mol. The third-order valence-corrected chi connectivity index (χ3v) is 3.71. The zero-order valence-corrected chi connectivity index (χ0v) is 13.5. The molecule has 1 aromatic heterocycles. The molecular weight excluding hydrogens is 280 g/mol. The van der Waals surface area contributed by atoms with Gasteiger partial charge >= 0.3 is 6.03 Å². The van der Waals surface area contributed by atoms with E-state index in [-0.39, 0.29) is 12.1 Å². The van der Waals surface area contributed by atoms with Gasteiger partial charge in [0.05, 0.1) is 6.10 Å². The van der Waals surface area contributed by atoms with Gasteiger partial charge in [-0.25, -0.2) is 4.79 Å². The first-order valence-corrected chi connectivity index (χ1v) is 7.83. The fourth-order valence-corrected chi connectivity index (χ4v) is 2.40. The first-order chi connectivity index (χ1) is 10.6. The number of hydrogen-bond donors (Lipinski definition) is 1. The molecule has 122 valence electrons. The molecule has 1 saturated heterocycles. The van der Waals surface area contributed by atoms with Crippen molar-refractivity contribution in [2.75, 3.05) is 40.3 Å². The number of nitrogens with zero attached hydrogens (tertiary/aromatic N) is 3. The van der Waals surface area contributed by atoms with E-state index < -0.39 is 0 Å². The summed E-state index contributed by atoms with van der Waals surface area (Å²) in [5.41, 5.74) is 1.04. The molecule has 0 aromatic carbocycles. The number of ether oxygens (including phenoxy) is 1. The van der Waals surface area contributed by atoms with E-state index in [0.717, 1.165) is 31.6 Å². The standard InChI is InChI=1S/C16H26N4O2/c1-19(2)8-9-20(13-14-5-3-7-17-11-14)16(21)18-12-15-6-4-10-22-15/h3,5,7,11,15H,4,6,8-10,12-13H2,1-2H3,(H,18,21)/t15-/m1/s1. The lowest BCUT2D eigenvalue weighted by atomic mass is 10.2. The fraction of sp³-hybridized carbons (Fsp3) is 0.625. The lowest BCUT2D eigenvalue weighted by molar-refractivity contribution is 0.108. The van der Waals surface area contributed by atoms with Crippen LogP contribution in [0.2, 0.25) is 0 Å². The third-order valence-electron chi connectivity index (χ3n) is 3.71. The highest BCUT2D eigenvalue weighted by molar-refractivity contribution is 5.74. The Bertz CT molecular complexity index is 447. The number of hydrogen-bond acceptors (Lipinski definition) is 4. The van der Waals surface area contributed by atoms with Crippen LogP contribution in [0.5, 0.6) is 0 Å². The minimum Gasteiger partial charge on any atom is -0.376 e. The van der Waals surface area contributed by atoms with Crippen LogP contribution in [-0.2, 0) is 11.3 Å². The number of amides is 2. The van der Waals surface area contributed by atoms with Crippen molar-refractivity contribution in [1.82, 2.24) is 20.1 Å². The van der Waals surface area contributed by atoms with E-state index in [0.29, 0.717) is 19.6 Å². The highest BCUT2D eigenvalue weighted by Crippen LogP contribution is 2.11. The summed E-state index contributed by atoms with van der Waals surface area (Å²) < 4.78 is 5.55. The zero-order chi connectivity index (χ0) is 15.8. The average Bonchev–Trinajstić information content (AvgIpc) is 3.03. The van der Waals surface area contributed by atoms with Crippen LogP contribution in [-0.4, -0.2) is 67.3 Å². The molecular formula is C16H26N4O2. The van der Waals surface area contributed by atoms with Crippen molar-refractivity contribution in [3.8, 4) is 0 Å². The molecule has 0 spiro atoms. The predicted octanol–water partition coefficient (Wildman–Crippen LogP) is 1.33. The summed E-state index contributed by atoms with van der Waals surface area (Å²) in [7, 11) is 4.01. The van der Waals surface area contributed by atoms with Crippen LogP contribution in [0, 0.1) is 0 Å². The largest absolute Gasteiger partial charge is 0.376 e. The highest BCUT2D eigenvalue weighted by Gasteiger charge is 2.19. The normalized spacial score (nSPS) is 17.7. The average molecular weight is 306 g/mol. The Morgan fingerprint density at radius 1 is 1.45 bits per heavy atom. The Labute approximate surface area is 132 Å². The van der Waals surface area contributed by atoms with Crippen molar-refractivity contribution in [1.29, 1.82) is 0 Å². The summed E-state index contributed by atoms with van der Waals surface area (Å²) in [5.74, 6) is 0. The van der Waals surface area contributed by atoms with Crippen LogP contribution in [0.1, 0.15) is 18.4 Å². The number of urea groups is 1. The van der Waals surface area contributed by atoms with Crippen LogP contribution < -0.4 is 5.32 Å². The molecule has 0 bridgehead atoms. The van der Waals surface area contributed by atoms with Crippen LogP contribution >= 0.6 is 0 Å². The summed E-state index contributed by atoms with van der Waals surface area (Å²) in [5, 5.41) is 2.99. The number of carbonyl (C=O) groups excluding carboxylic acids is 1. The van der Waals surface area contributed by atoms with Crippen LogP contribution in [0.4, 0.5) is 4.79 Å². The molecule has 22 heavy (non-hydrogen) atoms. The van der Waals surface area contributed by atoms with Gasteiger partial charge in [-0.15, -0.1) is 0 Å². The van der Waals surface area contributed by atoms with Gasteiger partial charge in [0.1, 0.15) is 0 Å². The fourth-order valence-electron chi connectivity index (χ4n) is 2.40. The van der Waals surface area contributed by atoms with Gasteiger partial charge in [-0.05, 0) is 38.6 Å². The first kappa shape index (κ1) is 16.7. The van der Waals surface area contributed by atoms with Crippen LogP contribution in [0.3, 0.4) is 0 Å². The van der Waals surface area contributed by atoms with E-state index in [4.69, 9.17) is 4.74 Å². The summed E-state index contributed by atoms with van der Waals surface area (Å²) in [6.45, 7) is 3.47. The van der Waals surface area contributed by atoms with Gasteiger partial charge in [0.25, 0.3) is 0 Å². The highest BCUT2D eigenvalue weighted by atomic mass is 16.5. The van der Waals surface area contributed by atoms with Gasteiger partial charge < -0.3 is 19.9 Å². The van der Waals surface area contributed by atoms with Gasteiger partial charge in [0.2, 0.25) is 0 Å². The summed E-state index contributed by atoms with van der Waals surface area (Å²) in [6, 6.07) is 3.84. The van der Waals surface area contributed by atoms with E-state index in [1.165, 1.54) is 0 Å². The SMILES string of the molecule is CN(C)CCN(Cc1cccnc1)C(=O)NC[C@H]1CCCO1. The lowest BCUT2D eigenvalue weighted by Crippen LogP contribution is -2.44. The lowest BCUT2D eigenvalue weighted by Gasteiger charge is -2.25. The second-order valence-corrected chi connectivity index (χ2v) is 5.91. The topological polar surface area (TPSA) is 57.7 Å². The number of aromatic nitrogens is 1. The zero-order valence-electron chi connectivity index (χ0n) is 13.5. The molecule has 1 aliphatic rings. The van der Waals surface area contributed by atoms with Gasteiger partial charge in [0.15, 0.2) is 0 Å². The first-order valence-electron chi connectivity index (χ1n) is 7.83. The minimum absolute atomic E-state index is 0.0406. The molecule has 0 saturated carbocycles. The smallest absolute Gasteiger partial charge is 0.317 e. The predicted molar refractivity (Wildman–Crippen MR) is 85.6 cm³/mol. The third kappa shape index (κ3) is 5.61. The van der Waals surface area contributed by atoms with Gasteiger partial charge in [-0.3, -0.25) is 4.98 Å². The molecule has 0 radical (unpaired) electrons. The van der Waals surface area contributed by atoms with E-state index in [1.54, 1.807) is 12.4 Å². The Kier molecular flexibility index (Phi) is 6.61. The maximum atomic E-state index is 12.4. The van der Waals surface area contributed by atoms with Crippen molar-refractivity contribution >= 4 is 6.03 Å². The molecule has 1 atom stereocenters. The number of pyridine rings is 1. The van der Waals surface area contributed by atoms with E-state index >= 15 is 0 Å². The van der Waals surface area contributed by atoms with Crippen molar-refractivity contribution in [2.24, 2.45) is 0 Å². The van der Waals surface area contributed by atoms with E-state index in [1.807, 2.05) is 31.1 Å². The molecule has 2 amide bonds. The van der Waals surface area contributed by atoms with Crippen LogP contribution in [0.15, 0.2) is 24.5 Å². The molecule has 2 heterocycles. The van der Waals surface area contributed by atoms with E-state index in [9.17, 15) is 4.79 Å². The Morgan fingerprint density at radius 2 is 2.32 bits per heavy atom.